The van der Waals surface area contributed by atoms with Gasteiger partial charge < -0.3 is 14.8 Å². The minimum atomic E-state index is -2.99. The number of alkyl halides is 2. The van der Waals surface area contributed by atoms with E-state index >= 15 is 0 Å². The Labute approximate surface area is 143 Å². The van der Waals surface area contributed by atoms with Crippen LogP contribution in [0.1, 0.15) is 28.9 Å². The second kappa shape index (κ2) is 8.77. The van der Waals surface area contributed by atoms with E-state index in [9.17, 15) is 18.4 Å². The van der Waals surface area contributed by atoms with E-state index < -0.39 is 25.1 Å². The highest BCUT2D eigenvalue weighted by atomic mass is 19.3. The van der Waals surface area contributed by atoms with Gasteiger partial charge in [0.15, 0.2) is 6.61 Å². The molecule has 0 heterocycles. The smallest absolute Gasteiger partial charge is 0.387 e. The van der Waals surface area contributed by atoms with Crippen LogP contribution in [0.25, 0.3) is 0 Å². The van der Waals surface area contributed by atoms with Crippen molar-refractivity contribution in [1.29, 1.82) is 0 Å². The summed E-state index contributed by atoms with van der Waals surface area (Å²) in [6.07, 6.45) is 0. The Balaban J connectivity index is 1.86. The summed E-state index contributed by atoms with van der Waals surface area (Å²) in [5, 5.41) is 2.70. The van der Waals surface area contributed by atoms with E-state index in [4.69, 9.17) is 4.74 Å². The lowest BCUT2D eigenvalue weighted by Gasteiger charge is -2.14. The standard InChI is InChI=1S/C18H17F2NO4/c1-12(13-6-3-2-4-7-13)21-16(22)11-24-17(23)14-8-5-9-15(10-14)25-18(19)20/h2-10,12,18H,11H2,1H3,(H,21,22). The molecule has 0 radical (unpaired) electrons. The van der Waals surface area contributed by atoms with Crippen LogP contribution in [0.5, 0.6) is 5.75 Å². The molecule has 132 valence electrons. The normalized spacial score (nSPS) is 11.7. The van der Waals surface area contributed by atoms with Crippen LogP contribution in [0, 0.1) is 0 Å². The molecule has 0 spiro atoms. The second-order valence-electron chi connectivity index (χ2n) is 5.18. The third-order valence-electron chi connectivity index (χ3n) is 3.31. The number of carbonyl (C=O) groups is 2. The van der Waals surface area contributed by atoms with Crippen LogP contribution in [0.15, 0.2) is 54.6 Å². The van der Waals surface area contributed by atoms with Gasteiger partial charge in [-0.05, 0) is 30.7 Å². The average Bonchev–Trinajstić information content (AvgIpc) is 2.60. The van der Waals surface area contributed by atoms with Crippen molar-refractivity contribution in [3.63, 3.8) is 0 Å². The van der Waals surface area contributed by atoms with E-state index in [1.54, 1.807) is 6.92 Å². The number of benzene rings is 2. The maximum absolute atomic E-state index is 12.2. The van der Waals surface area contributed by atoms with Crippen molar-refractivity contribution >= 4 is 11.9 Å². The number of halogens is 2. The molecule has 2 aromatic carbocycles. The highest BCUT2D eigenvalue weighted by Crippen LogP contribution is 2.16. The Hall–Kier alpha value is -2.96. The van der Waals surface area contributed by atoms with Gasteiger partial charge in [-0.2, -0.15) is 8.78 Å². The number of carbonyl (C=O) groups excluding carboxylic acids is 2. The van der Waals surface area contributed by atoms with Crippen LogP contribution in [0.3, 0.4) is 0 Å². The molecular weight excluding hydrogens is 332 g/mol. The van der Waals surface area contributed by atoms with Gasteiger partial charge in [0, 0.05) is 0 Å². The van der Waals surface area contributed by atoms with Gasteiger partial charge in [0.2, 0.25) is 0 Å². The molecule has 5 nitrogen and oxygen atoms in total. The summed E-state index contributed by atoms with van der Waals surface area (Å²) in [4.78, 5) is 23.8. The summed E-state index contributed by atoms with van der Waals surface area (Å²) in [5.41, 5.74) is 0.932. The predicted octanol–water partition coefficient (Wildman–Crippen LogP) is 3.32. The maximum atomic E-state index is 12.2. The first-order chi connectivity index (χ1) is 12.0. The van der Waals surface area contributed by atoms with Crippen molar-refractivity contribution in [2.45, 2.75) is 19.6 Å². The van der Waals surface area contributed by atoms with Crippen molar-refractivity contribution in [1.82, 2.24) is 5.32 Å². The predicted molar refractivity (Wildman–Crippen MR) is 86.4 cm³/mol. The second-order valence-corrected chi connectivity index (χ2v) is 5.18. The first-order valence-corrected chi connectivity index (χ1v) is 7.52. The van der Waals surface area contributed by atoms with E-state index in [1.807, 2.05) is 30.3 Å². The summed E-state index contributed by atoms with van der Waals surface area (Å²) in [5.74, 6) is -1.43. The lowest BCUT2D eigenvalue weighted by Crippen LogP contribution is -2.31. The zero-order valence-electron chi connectivity index (χ0n) is 13.4. The van der Waals surface area contributed by atoms with E-state index in [0.29, 0.717) is 0 Å². The monoisotopic (exact) mass is 349 g/mol. The number of amides is 1. The van der Waals surface area contributed by atoms with E-state index in [0.717, 1.165) is 11.6 Å². The number of hydrogen-bond acceptors (Lipinski definition) is 4. The van der Waals surface area contributed by atoms with Gasteiger partial charge in [-0.3, -0.25) is 4.79 Å². The highest BCUT2D eigenvalue weighted by Gasteiger charge is 2.14. The molecule has 0 fully saturated rings. The summed E-state index contributed by atoms with van der Waals surface area (Å²) in [7, 11) is 0. The highest BCUT2D eigenvalue weighted by molar-refractivity contribution is 5.91. The van der Waals surface area contributed by atoms with Gasteiger partial charge in [0.05, 0.1) is 11.6 Å². The molecular formula is C18H17F2NO4. The van der Waals surface area contributed by atoms with Gasteiger partial charge in [0.25, 0.3) is 5.91 Å². The first-order valence-electron chi connectivity index (χ1n) is 7.52. The van der Waals surface area contributed by atoms with Crippen LogP contribution < -0.4 is 10.1 Å². The minimum absolute atomic E-state index is 0.0158. The molecule has 2 aromatic rings. The van der Waals surface area contributed by atoms with Gasteiger partial charge in [0.1, 0.15) is 5.75 Å². The minimum Gasteiger partial charge on any atom is -0.452 e. The maximum Gasteiger partial charge on any atom is 0.387 e. The van der Waals surface area contributed by atoms with Crippen LogP contribution in [-0.2, 0) is 9.53 Å². The van der Waals surface area contributed by atoms with E-state index in [-0.39, 0.29) is 17.4 Å². The molecule has 0 saturated heterocycles. The molecule has 1 atom stereocenters. The summed E-state index contributed by atoms with van der Waals surface area (Å²) in [6.45, 7) is -1.66. The third-order valence-corrected chi connectivity index (χ3v) is 3.31. The molecule has 7 heteroatoms. The van der Waals surface area contributed by atoms with Crippen LogP contribution in [-0.4, -0.2) is 25.1 Å². The van der Waals surface area contributed by atoms with Crippen molar-refractivity contribution in [3.05, 3.63) is 65.7 Å². The largest absolute Gasteiger partial charge is 0.452 e. The molecule has 0 bridgehead atoms. The SMILES string of the molecule is CC(NC(=O)COC(=O)c1cccc(OC(F)F)c1)c1ccccc1. The fraction of sp³-hybridized carbons (Fsp3) is 0.222. The lowest BCUT2D eigenvalue weighted by molar-refractivity contribution is -0.124. The molecule has 0 aromatic heterocycles. The van der Waals surface area contributed by atoms with Crippen LogP contribution in [0.4, 0.5) is 8.78 Å². The number of hydrogen-bond donors (Lipinski definition) is 1. The fourth-order valence-corrected chi connectivity index (χ4v) is 2.12. The number of rotatable bonds is 7. The quantitative estimate of drug-likeness (QED) is 0.779. The van der Waals surface area contributed by atoms with Crippen LogP contribution in [0.2, 0.25) is 0 Å². The van der Waals surface area contributed by atoms with Crippen molar-refractivity contribution < 1.29 is 27.8 Å². The lowest BCUT2D eigenvalue weighted by atomic mass is 10.1. The van der Waals surface area contributed by atoms with Crippen LogP contribution >= 0.6 is 0 Å². The Kier molecular flexibility index (Phi) is 6.45. The molecule has 0 aliphatic rings. The number of nitrogens with one attached hydrogen (secondary N) is 1. The number of esters is 1. The van der Waals surface area contributed by atoms with Gasteiger partial charge in [-0.15, -0.1) is 0 Å². The van der Waals surface area contributed by atoms with E-state index in [1.165, 1.54) is 18.2 Å². The topological polar surface area (TPSA) is 64.6 Å². The molecule has 1 unspecified atom stereocenters. The zero-order chi connectivity index (χ0) is 18.2. The number of ether oxygens (including phenoxy) is 2. The van der Waals surface area contributed by atoms with Crippen molar-refractivity contribution in [2.24, 2.45) is 0 Å². The first kappa shape index (κ1) is 18.4. The van der Waals surface area contributed by atoms with Gasteiger partial charge >= 0.3 is 12.6 Å². The molecule has 2 rings (SSSR count). The Bertz CT molecular complexity index is 722. The van der Waals surface area contributed by atoms with Crippen molar-refractivity contribution in [3.8, 4) is 5.75 Å². The summed E-state index contributed by atoms with van der Waals surface area (Å²) in [6, 6.07) is 14.2. The van der Waals surface area contributed by atoms with Gasteiger partial charge in [-0.1, -0.05) is 36.4 Å². The van der Waals surface area contributed by atoms with Crippen molar-refractivity contribution in [2.75, 3.05) is 6.61 Å². The van der Waals surface area contributed by atoms with Gasteiger partial charge in [-0.25, -0.2) is 4.79 Å². The fourth-order valence-electron chi connectivity index (χ4n) is 2.12. The Morgan fingerprint density at radius 2 is 1.80 bits per heavy atom. The molecule has 0 aliphatic heterocycles. The molecule has 25 heavy (non-hydrogen) atoms. The zero-order valence-corrected chi connectivity index (χ0v) is 13.4. The Morgan fingerprint density at radius 3 is 2.48 bits per heavy atom. The molecule has 0 saturated carbocycles. The summed E-state index contributed by atoms with van der Waals surface area (Å²) < 4.78 is 33.5. The Morgan fingerprint density at radius 1 is 1.08 bits per heavy atom. The molecule has 0 aliphatic carbocycles. The molecule has 1 N–H and O–H groups in total. The molecule has 1 amide bonds. The summed E-state index contributed by atoms with van der Waals surface area (Å²) >= 11 is 0. The third kappa shape index (κ3) is 5.87. The van der Waals surface area contributed by atoms with E-state index in [2.05, 4.69) is 10.1 Å². The average molecular weight is 349 g/mol.